The molecule has 3 aliphatic heterocycles. The van der Waals surface area contributed by atoms with E-state index in [-0.39, 0.29) is 29.0 Å². The number of nitrogens with zero attached hydrogens (tertiary/aromatic N) is 2. The van der Waals surface area contributed by atoms with Gasteiger partial charge in [0.1, 0.15) is 12.1 Å². The topological polar surface area (TPSA) is 128 Å². The van der Waals surface area contributed by atoms with Crippen LogP contribution >= 0.6 is 11.8 Å². The summed E-state index contributed by atoms with van der Waals surface area (Å²) in [5, 5.41) is 14.7. The second kappa shape index (κ2) is 6.99. The molecule has 0 radical (unpaired) electrons. The molecule has 0 aromatic heterocycles. The number of nitrogens with two attached hydrogens (primary N) is 1. The Balaban J connectivity index is 1.62. The Kier molecular flexibility index (Phi) is 4.96. The van der Waals surface area contributed by atoms with Crippen LogP contribution in [0.3, 0.4) is 0 Å². The van der Waals surface area contributed by atoms with Gasteiger partial charge in [0.05, 0.1) is 17.5 Å². The third-order valence-electron chi connectivity index (χ3n) is 4.85. The Morgan fingerprint density at radius 3 is 2.92 bits per heavy atom. The van der Waals surface area contributed by atoms with Crippen LogP contribution in [0.25, 0.3) is 0 Å². The maximum Gasteiger partial charge on any atom is 0.244 e. The predicted octanol–water partition coefficient (Wildman–Crippen LogP) is -1.09. The normalized spacial score (nSPS) is 33.6. The zero-order valence-corrected chi connectivity index (χ0v) is 14.1. The maximum atomic E-state index is 12.6. The molecule has 0 saturated carbocycles. The predicted molar refractivity (Wildman–Crippen MR) is 87.4 cm³/mol. The number of carbonyl (C=O) groups excluding carboxylic acids is 3. The van der Waals surface area contributed by atoms with E-state index in [1.54, 1.807) is 16.7 Å². The van der Waals surface area contributed by atoms with Crippen LogP contribution in [0.5, 0.6) is 0 Å². The number of hydrogen-bond donors (Lipinski definition) is 3. The first kappa shape index (κ1) is 17.0. The average molecular weight is 351 g/mol. The molecule has 0 aliphatic carbocycles. The molecular weight excluding hydrogens is 330 g/mol. The molecule has 3 unspecified atom stereocenters. The van der Waals surface area contributed by atoms with Gasteiger partial charge in [0.2, 0.25) is 17.7 Å². The summed E-state index contributed by atoms with van der Waals surface area (Å²) in [6, 6.07) is 0.174. The lowest BCUT2D eigenvalue weighted by atomic mass is 9.98. The van der Waals surface area contributed by atoms with Crippen LogP contribution in [0.1, 0.15) is 25.7 Å². The molecule has 0 aromatic rings. The number of fused-ring (bicyclic) bond motifs is 1. The summed E-state index contributed by atoms with van der Waals surface area (Å²) < 4.78 is 0. The minimum Gasteiger partial charge on any atom is -0.356 e. The standard InChI is InChI=1S/C15H21N5O3S/c16-6-9(5-8-3-4-18-13(8)21)19-14(22)11-7-24-12-2-1-10(17)15(23)20(11)12/h8-12H,1-5,7,17H2,(H,18,21)(H,19,22)/t8-,9-,10?,11?,12?/m0/s1. The van der Waals surface area contributed by atoms with Crippen molar-refractivity contribution in [2.45, 2.75) is 49.2 Å². The molecule has 24 heavy (non-hydrogen) atoms. The minimum atomic E-state index is -0.732. The first-order chi connectivity index (χ1) is 11.5. The number of nitrogens with one attached hydrogen (secondary N) is 2. The van der Waals surface area contributed by atoms with Crippen molar-refractivity contribution in [2.75, 3.05) is 12.3 Å². The number of thioether (sulfide) groups is 1. The molecular formula is C15H21N5O3S. The molecule has 9 heteroatoms. The molecule has 3 saturated heterocycles. The van der Waals surface area contributed by atoms with E-state index in [2.05, 4.69) is 10.6 Å². The van der Waals surface area contributed by atoms with Gasteiger partial charge in [-0.25, -0.2) is 0 Å². The highest BCUT2D eigenvalue weighted by atomic mass is 32.2. The summed E-state index contributed by atoms with van der Waals surface area (Å²) in [7, 11) is 0. The lowest BCUT2D eigenvalue weighted by Crippen LogP contribution is -2.58. The first-order valence-electron chi connectivity index (χ1n) is 8.18. The van der Waals surface area contributed by atoms with E-state index in [1.165, 1.54) is 0 Å². The van der Waals surface area contributed by atoms with Crippen molar-refractivity contribution in [3.05, 3.63) is 0 Å². The van der Waals surface area contributed by atoms with E-state index in [9.17, 15) is 19.6 Å². The molecule has 3 heterocycles. The number of nitriles is 1. The van der Waals surface area contributed by atoms with E-state index < -0.39 is 18.1 Å². The zero-order chi connectivity index (χ0) is 17.3. The van der Waals surface area contributed by atoms with Crippen molar-refractivity contribution >= 4 is 29.5 Å². The quantitative estimate of drug-likeness (QED) is 0.590. The first-order valence-corrected chi connectivity index (χ1v) is 9.23. The molecule has 0 spiro atoms. The van der Waals surface area contributed by atoms with Crippen molar-refractivity contribution in [3.8, 4) is 6.07 Å². The monoisotopic (exact) mass is 351 g/mol. The fraction of sp³-hybridized carbons (Fsp3) is 0.733. The molecule has 130 valence electrons. The highest BCUT2D eigenvalue weighted by Crippen LogP contribution is 2.36. The van der Waals surface area contributed by atoms with E-state index in [0.29, 0.717) is 31.6 Å². The Hall–Kier alpha value is -1.79. The molecule has 5 atom stereocenters. The highest BCUT2D eigenvalue weighted by molar-refractivity contribution is 8.00. The van der Waals surface area contributed by atoms with Crippen LogP contribution in [0.2, 0.25) is 0 Å². The second-order valence-electron chi connectivity index (χ2n) is 6.44. The molecule has 3 aliphatic rings. The van der Waals surface area contributed by atoms with Crippen molar-refractivity contribution in [2.24, 2.45) is 11.7 Å². The zero-order valence-electron chi connectivity index (χ0n) is 13.2. The number of piperidine rings is 1. The molecule has 8 nitrogen and oxygen atoms in total. The van der Waals surface area contributed by atoms with Crippen LogP contribution in [-0.4, -0.2) is 58.4 Å². The molecule has 0 bridgehead atoms. The summed E-state index contributed by atoms with van der Waals surface area (Å²) in [5.41, 5.74) is 5.82. The Labute approximate surface area is 144 Å². The van der Waals surface area contributed by atoms with Gasteiger partial charge >= 0.3 is 0 Å². The van der Waals surface area contributed by atoms with Crippen LogP contribution in [0, 0.1) is 17.2 Å². The van der Waals surface area contributed by atoms with Gasteiger partial charge in [0.15, 0.2) is 0 Å². The van der Waals surface area contributed by atoms with Gasteiger partial charge in [-0.15, -0.1) is 11.8 Å². The van der Waals surface area contributed by atoms with Crippen molar-refractivity contribution in [3.63, 3.8) is 0 Å². The van der Waals surface area contributed by atoms with Crippen LogP contribution in [-0.2, 0) is 14.4 Å². The number of carbonyl (C=O) groups is 3. The van der Waals surface area contributed by atoms with Gasteiger partial charge in [-0.05, 0) is 25.7 Å². The second-order valence-corrected chi connectivity index (χ2v) is 7.65. The third-order valence-corrected chi connectivity index (χ3v) is 6.20. The number of amides is 3. The van der Waals surface area contributed by atoms with Gasteiger partial charge in [-0.2, -0.15) is 5.26 Å². The van der Waals surface area contributed by atoms with Crippen LogP contribution in [0.4, 0.5) is 0 Å². The Morgan fingerprint density at radius 2 is 2.25 bits per heavy atom. The highest BCUT2D eigenvalue weighted by Gasteiger charge is 2.46. The van der Waals surface area contributed by atoms with Gasteiger partial charge in [0, 0.05) is 18.2 Å². The van der Waals surface area contributed by atoms with Crippen molar-refractivity contribution < 1.29 is 14.4 Å². The number of hydrogen-bond acceptors (Lipinski definition) is 6. The minimum absolute atomic E-state index is 0.00537. The summed E-state index contributed by atoms with van der Waals surface area (Å²) in [5.74, 6) is -0.335. The lowest BCUT2D eigenvalue weighted by Gasteiger charge is -2.35. The molecule has 0 aromatic carbocycles. The van der Waals surface area contributed by atoms with Gasteiger partial charge in [-0.1, -0.05) is 0 Å². The largest absolute Gasteiger partial charge is 0.356 e. The number of rotatable bonds is 4. The van der Waals surface area contributed by atoms with Crippen molar-refractivity contribution in [1.82, 2.24) is 15.5 Å². The molecule has 3 rings (SSSR count). The van der Waals surface area contributed by atoms with E-state index >= 15 is 0 Å². The van der Waals surface area contributed by atoms with Gasteiger partial charge in [-0.3, -0.25) is 14.4 Å². The lowest BCUT2D eigenvalue weighted by molar-refractivity contribution is -0.143. The smallest absolute Gasteiger partial charge is 0.244 e. The van der Waals surface area contributed by atoms with Crippen LogP contribution < -0.4 is 16.4 Å². The average Bonchev–Trinajstić information content (AvgIpc) is 3.17. The summed E-state index contributed by atoms with van der Waals surface area (Å²) in [6.45, 7) is 0.608. The fourth-order valence-electron chi connectivity index (χ4n) is 3.49. The third kappa shape index (κ3) is 3.21. The fourth-order valence-corrected chi connectivity index (χ4v) is 4.92. The summed E-state index contributed by atoms with van der Waals surface area (Å²) in [4.78, 5) is 38.1. The molecule has 3 fully saturated rings. The van der Waals surface area contributed by atoms with Crippen LogP contribution in [0.15, 0.2) is 0 Å². The Bertz CT molecular complexity index is 592. The van der Waals surface area contributed by atoms with Gasteiger partial charge in [0.25, 0.3) is 0 Å². The van der Waals surface area contributed by atoms with E-state index in [0.717, 1.165) is 6.42 Å². The maximum absolute atomic E-state index is 12.6. The van der Waals surface area contributed by atoms with E-state index in [4.69, 9.17) is 5.73 Å². The molecule has 4 N–H and O–H groups in total. The van der Waals surface area contributed by atoms with E-state index in [1.807, 2.05) is 6.07 Å². The van der Waals surface area contributed by atoms with Crippen molar-refractivity contribution in [1.29, 1.82) is 5.26 Å². The van der Waals surface area contributed by atoms with Gasteiger partial charge < -0.3 is 21.3 Å². The molecule has 3 amide bonds. The summed E-state index contributed by atoms with van der Waals surface area (Å²) >= 11 is 1.58. The summed E-state index contributed by atoms with van der Waals surface area (Å²) in [6.07, 6.45) is 2.39. The Morgan fingerprint density at radius 1 is 1.46 bits per heavy atom. The SMILES string of the molecule is N#C[C@H](C[C@@H]1CCNC1=O)NC(=O)C1CSC2CCC(N)C(=O)N21.